The molecule has 0 amide bonds. The Morgan fingerprint density at radius 3 is 2.15 bits per heavy atom. The van der Waals surface area contributed by atoms with Gasteiger partial charge >= 0.3 is 62.4 Å². The zero-order valence-electron chi connectivity index (χ0n) is 9.56. The fourth-order valence-electron chi connectivity index (χ4n) is 0.752. The summed E-state index contributed by atoms with van der Waals surface area (Å²) in [6.45, 7) is 6.66. The molecule has 2 nitrogen and oxygen atoms in total. The molecule has 74 valence electrons. The fraction of sp³-hybridized carbons (Fsp3) is 0.900. The van der Waals surface area contributed by atoms with E-state index in [0.29, 0.717) is 13.0 Å². The Morgan fingerprint density at radius 2 is 1.77 bits per heavy atom. The Kier molecular flexibility index (Phi) is 19.8. The number of hydrogen-bond donors (Lipinski definition) is 0. The molecule has 0 saturated carbocycles. The molecule has 0 aliphatic carbocycles. The van der Waals surface area contributed by atoms with E-state index in [1.807, 2.05) is 6.92 Å². The molecule has 0 atom stereocenters. The molecule has 0 aliphatic heterocycles. The molecule has 0 N–H and O–H groups in total. The molecule has 0 radical (unpaired) electrons. The molecule has 13 heavy (non-hydrogen) atoms. The normalized spacial score (nSPS) is 8.69. The van der Waals surface area contributed by atoms with Crippen LogP contribution in [0.5, 0.6) is 0 Å². The monoisotopic (exact) mass is 212 g/mol. The maximum atomic E-state index is 10.7. The average molecular weight is 212 g/mol. The zero-order chi connectivity index (χ0) is 10.5. The van der Waals surface area contributed by atoms with Crippen LogP contribution in [0.25, 0.3) is 0 Å². The summed E-state index contributed by atoms with van der Waals surface area (Å²) in [6.07, 6.45) is 3.83. The van der Waals surface area contributed by atoms with Gasteiger partial charge in [0.05, 0.1) is 6.61 Å². The Bertz CT molecular complexity index is 105. The van der Waals surface area contributed by atoms with Crippen LogP contribution < -0.4 is 0 Å². The topological polar surface area (TPSA) is 26.3 Å². The predicted octanol–water partition coefficient (Wildman–Crippen LogP) is 2.72. The molecule has 0 aromatic rings. The van der Waals surface area contributed by atoms with Gasteiger partial charge in [-0.15, -0.1) is 0 Å². The quantitative estimate of drug-likeness (QED) is 0.398. The molecule has 0 bridgehead atoms. The van der Waals surface area contributed by atoms with Gasteiger partial charge in [0.2, 0.25) is 0 Å². The van der Waals surface area contributed by atoms with E-state index >= 15 is 0 Å². The van der Waals surface area contributed by atoms with Crippen molar-refractivity contribution in [2.24, 2.45) is 0 Å². The summed E-state index contributed by atoms with van der Waals surface area (Å²) in [6, 6.07) is 0. The van der Waals surface area contributed by atoms with Crippen LogP contribution in [-0.4, -0.2) is 61.5 Å². The molecule has 0 aliphatic rings. The average Bonchev–Trinajstić information content (AvgIpc) is 2.07. The number of esters is 1. The summed E-state index contributed by atoms with van der Waals surface area (Å²) in [7, 11) is 0. The molecule has 0 rings (SSSR count). The van der Waals surface area contributed by atoms with Gasteiger partial charge < -0.3 is 4.74 Å². The number of rotatable bonds is 5. The van der Waals surface area contributed by atoms with E-state index in [-0.39, 0.29) is 5.97 Å². The van der Waals surface area contributed by atoms with Crippen LogP contribution in [0.2, 0.25) is 0.515 Å². The third-order valence-electron chi connectivity index (χ3n) is 1.29. The van der Waals surface area contributed by atoms with E-state index in [0.717, 1.165) is 68.2 Å². The predicted molar refractivity (Wildman–Crippen MR) is 57.0 cm³/mol. The van der Waals surface area contributed by atoms with Crippen molar-refractivity contribution < 1.29 is 9.53 Å². The van der Waals surface area contributed by atoms with E-state index in [1.54, 1.807) is 0 Å². The van der Waals surface area contributed by atoms with Crippen molar-refractivity contribution in [1.82, 2.24) is 0 Å². The van der Waals surface area contributed by atoms with Crippen molar-refractivity contribution in [3.05, 3.63) is 0 Å². The van der Waals surface area contributed by atoms with Crippen LogP contribution in [0.15, 0.2) is 0 Å². The number of hydrogen-bond acceptors (Lipinski definition) is 2. The van der Waals surface area contributed by atoms with Crippen LogP contribution in [0.3, 0.4) is 0 Å². The first-order chi connectivity index (χ1) is 6.22. The fourth-order valence-corrected chi connectivity index (χ4v) is 0.752. The second-order valence-electron chi connectivity index (χ2n) is 2.97. The van der Waals surface area contributed by atoms with Crippen molar-refractivity contribution in [3.63, 3.8) is 0 Å². The first-order valence-electron chi connectivity index (χ1n) is 5.38. The third-order valence-corrected chi connectivity index (χ3v) is 1.29. The molecule has 0 saturated heterocycles. The Morgan fingerprint density at radius 1 is 1.23 bits per heavy atom. The Hall–Kier alpha value is 1.11. The van der Waals surface area contributed by atoms with Crippen molar-refractivity contribution in [2.45, 2.75) is 47.0 Å². The molecule has 0 unspecified atom stereocenters. The van der Waals surface area contributed by atoms with E-state index in [9.17, 15) is 4.79 Å². The van der Waals surface area contributed by atoms with E-state index in [2.05, 4.69) is 13.8 Å². The zero-order valence-corrected chi connectivity index (χ0v) is 12.7. The molecule has 0 aromatic heterocycles. The van der Waals surface area contributed by atoms with Crippen molar-refractivity contribution in [2.75, 3.05) is 6.61 Å². The van der Waals surface area contributed by atoms with Gasteiger partial charge in [0, 0.05) is 6.42 Å². The van der Waals surface area contributed by atoms with E-state index in [1.165, 1.54) is 0.515 Å². The molecule has 0 spiro atoms. The Labute approximate surface area is 116 Å². The third kappa shape index (κ3) is 19.5. The van der Waals surface area contributed by atoms with Crippen molar-refractivity contribution in [1.29, 1.82) is 0 Å². The summed E-state index contributed by atoms with van der Waals surface area (Å²) in [5, 5.41) is 0. The first kappa shape index (κ1) is 16.5. The summed E-state index contributed by atoms with van der Waals surface area (Å²) < 4.78 is 6.19. The van der Waals surface area contributed by atoms with Crippen molar-refractivity contribution in [3.8, 4) is 0 Å². The van der Waals surface area contributed by atoms with Gasteiger partial charge in [-0.2, -0.15) is 0 Å². The summed E-state index contributed by atoms with van der Waals surface area (Å²) in [4.78, 5) is 10.7. The van der Waals surface area contributed by atoms with Gasteiger partial charge in [0.15, 0.2) is 0 Å². The minimum absolute atomic E-state index is 0.0593. The second kappa shape index (κ2) is 15.6. The van der Waals surface area contributed by atoms with Crippen molar-refractivity contribution >= 4 is 54.9 Å². The van der Waals surface area contributed by atoms with Crippen LogP contribution in [0.1, 0.15) is 46.5 Å². The summed E-state index contributed by atoms with van der Waals surface area (Å²) >= 11 is 1.10. The summed E-state index contributed by atoms with van der Waals surface area (Å²) in [5.74, 6) is -0.0593. The molecule has 0 heterocycles. The number of carbonyl (C=O) groups is 1. The van der Waals surface area contributed by atoms with Crippen LogP contribution >= 0.6 is 0 Å². The van der Waals surface area contributed by atoms with Crippen LogP contribution in [0, 0.1) is 0 Å². The van der Waals surface area contributed by atoms with Gasteiger partial charge in [-0.1, -0.05) is 19.8 Å². The van der Waals surface area contributed by atoms with Gasteiger partial charge in [-0.3, -0.25) is 4.79 Å². The standard InChI is InChI=1S/C8H16O2.C2H5.K/c1-3-5-6-7-8(9)10-4-2;1-2;/h3-7H2,1-2H3;1H2,2H3;. The SMILES string of the molecule is CCCCCC(=O)OCC.C[CH2][K]. The van der Waals surface area contributed by atoms with Gasteiger partial charge in [-0.05, 0) is 13.3 Å². The second-order valence-corrected chi connectivity index (χ2v) is 5.18. The molecule has 0 fully saturated rings. The first-order valence-corrected chi connectivity index (χ1v) is 7.59. The number of carbonyl (C=O) groups excluding carboxylic acids is 1. The van der Waals surface area contributed by atoms with E-state index in [4.69, 9.17) is 4.74 Å². The minimum atomic E-state index is -0.0593. The molecule has 0 aromatic carbocycles. The van der Waals surface area contributed by atoms with Crippen LogP contribution in [0.4, 0.5) is 0 Å². The molecular formula is C10H21KO2. The Balaban J connectivity index is 0. The van der Waals surface area contributed by atoms with Gasteiger partial charge in [-0.25, -0.2) is 0 Å². The molecule has 3 heteroatoms. The van der Waals surface area contributed by atoms with E-state index < -0.39 is 0 Å². The number of unbranched alkanes of at least 4 members (excludes halogenated alkanes) is 2. The summed E-state index contributed by atoms with van der Waals surface area (Å²) in [5.41, 5.74) is 0. The van der Waals surface area contributed by atoms with Gasteiger partial charge in [0.1, 0.15) is 0 Å². The molecular weight excluding hydrogens is 191 g/mol. The van der Waals surface area contributed by atoms with Gasteiger partial charge in [0.25, 0.3) is 0 Å². The van der Waals surface area contributed by atoms with Crippen LogP contribution in [-0.2, 0) is 9.53 Å². The maximum absolute atomic E-state index is 10.7. The number of ether oxygens (including phenoxy) is 1.